The first-order valence-corrected chi connectivity index (χ1v) is 8.48. The molecule has 2 aliphatic rings. The molecule has 3 amide bonds. The lowest BCUT2D eigenvalue weighted by Crippen LogP contribution is -2.49. The van der Waals surface area contributed by atoms with E-state index in [4.69, 9.17) is 0 Å². The van der Waals surface area contributed by atoms with E-state index in [2.05, 4.69) is 5.32 Å². The molecular formula is C20H16N2O5. The van der Waals surface area contributed by atoms with E-state index >= 15 is 0 Å². The highest BCUT2D eigenvalue weighted by Gasteiger charge is 2.62. The predicted molar refractivity (Wildman–Crippen MR) is 94.1 cm³/mol. The summed E-state index contributed by atoms with van der Waals surface area (Å²) >= 11 is 0. The van der Waals surface area contributed by atoms with Gasteiger partial charge in [-0.2, -0.15) is 0 Å². The Morgan fingerprint density at radius 3 is 2.11 bits per heavy atom. The van der Waals surface area contributed by atoms with E-state index in [0.29, 0.717) is 0 Å². The number of amides is 3. The van der Waals surface area contributed by atoms with E-state index in [9.17, 15) is 24.3 Å². The molecule has 1 aliphatic carbocycles. The first kappa shape index (κ1) is 17.0. The molecule has 27 heavy (non-hydrogen) atoms. The van der Waals surface area contributed by atoms with Gasteiger partial charge in [0.1, 0.15) is 12.1 Å². The molecule has 1 aliphatic heterocycles. The highest BCUT2D eigenvalue weighted by atomic mass is 16.4. The largest absolute Gasteiger partial charge is 0.479 e. The van der Waals surface area contributed by atoms with Gasteiger partial charge in [0.05, 0.1) is 11.1 Å². The number of carboxylic acid groups (broad SMARTS) is 1. The summed E-state index contributed by atoms with van der Waals surface area (Å²) in [5.74, 6) is -3.25. The lowest BCUT2D eigenvalue weighted by molar-refractivity contribution is -0.143. The molecule has 0 spiro atoms. The number of benzene rings is 2. The lowest BCUT2D eigenvalue weighted by Gasteiger charge is -2.18. The Kier molecular flexibility index (Phi) is 3.80. The van der Waals surface area contributed by atoms with Crippen molar-refractivity contribution in [1.82, 2.24) is 10.2 Å². The number of rotatable bonds is 5. The van der Waals surface area contributed by atoms with Crippen LogP contribution in [0.4, 0.5) is 0 Å². The second-order valence-corrected chi connectivity index (χ2v) is 6.73. The topological polar surface area (TPSA) is 104 Å². The zero-order chi connectivity index (χ0) is 19.2. The Balaban J connectivity index is 1.49. The van der Waals surface area contributed by atoms with Crippen molar-refractivity contribution in [3.63, 3.8) is 0 Å². The van der Waals surface area contributed by atoms with Crippen LogP contribution in [-0.4, -0.2) is 45.8 Å². The fourth-order valence-electron chi connectivity index (χ4n) is 3.59. The van der Waals surface area contributed by atoms with Crippen molar-refractivity contribution in [2.75, 3.05) is 6.54 Å². The number of imide groups is 1. The summed E-state index contributed by atoms with van der Waals surface area (Å²) in [6.45, 7) is -0.511. The molecule has 4 rings (SSSR count). The minimum Gasteiger partial charge on any atom is -0.479 e. The van der Waals surface area contributed by atoms with Crippen molar-refractivity contribution in [3.05, 3.63) is 71.3 Å². The third kappa shape index (κ3) is 2.68. The van der Waals surface area contributed by atoms with Crippen LogP contribution in [0.2, 0.25) is 0 Å². The molecule has 1 heterocycles. The second kappa shape index (κ2) is 6.05. The highest BCUT2D eigenvalue weighted by molar-refractivity contribution is 6.22. The predicted octanol–water partition coefficient (Wildman–Crippen LogP) is 1.41. The number of aliphatic carboxylic acids is 1. The van der Waals surface area contributed by atoms with Gasteiger partial charge in [0.15, 0.2) is 0 Å². The van der Waals surface area contributed by atoms with E-state index in [-0.39, 0.29) is 23.5 Å². The van der Waals surface area contributed by atoms with Crippen molar-refractivity contribution in [3.8, 4) is 0 Å². The summed E-state index contributed by atoms with van der Waals surface area (Å²) in [5, 5.41) is 12.2. The van der Waals surface area contributed by atoms with Crippen LogP contribution >= 0.6 is 0 Å². The maximum Gasteiger partial charge on any atom is 0.330 e. The van der Waals surface area contributed by atoms with Crippen molar-refractivity contribution in [1.29, 1.82) is 0 Å². The zero-order valence-corrected chi connectivity index (χ0v) is 14.2. The van der Waals surface area contributed by atoms with E-state index in [1.807, 2.05) is 18.2 Å². The second-order valence-electron chi connectivity index (χ2n) is 6.73. The summed E-state index contributed by atoms with van der Waals surface area (Å²) < 4.78 is 0. The molecular weight excluding hydrogens is 348 g/mol. The Labute approximate surface area is 154 Å². The Hall–Kier alpha value is -3.48. The fourth-order valence-corrected chi connectivity index (χ4v) is 3.59. The van der Waals surface area contributed by atoms with E-state index in [1.165, 1.54) is 12.1 Å². The molecule has 2 unspecified atom stereocenters. The van der Waals surface area contributed by atoms with E-state index in [0.717, 1.165) is 10.5 Å². The van der Waals surface area contributed by atoms with Crippen LogP contribution in [0.3, 0.4) is 0 Å². The van der Waals surface area contributed by atoms with Gasteiger partial charge in [0.25, 0.3) is 11.8 Å². The summed E-state index contributed by atoms with van der Waals surface area (Å²) in [7, 11) is 0. The van der Waals surface area contributed by atoms with Gasteiger partial charge in [-0.05, 0) is 24.1 Å². The van der Waals surface area contributed by atoms with E-state index in [1.54, 1.807) is 24.3 Å². The van der Waals surface area contributed by atoms with E-state index < -0.39 is 35.8 Å². The molecule has 1 saturated carbocycles. The summed E-state index contributed by atoms with van der Waals surface area (Å²) in [6, 6.07) is 15.4. The monoisotopic (exact) mass is 364 g/mol. The number of hydrogen-bond acceptors (Lipinski definition) is 4. The molecule has 7 nitrogen and oxygen atoms in total. The number of carboxylic acids is 1. The summed E-state index contributed by atoms with van der Waals surface area (Å²) in [5.41, 5.74) is -0.0912. The van der Waals surface area contributed by atoms with Gasteiger partial charge in [-0.1, -0.05) is 42.5 Å². The standard InChI is InChI=1S/C20H16N2O5/c23-16(11-22-17(24)13-8-4-5-9-14(13)18(22)25)21-20(19(26)27)10-15(20)12-6-2-1-3-7-12/h1-9,15H,10-11H2,(H,21,23)(H,26,27). The number of fused-ring (bicyclic) bond motifs is 1. The van der Waals surface area contributed by atoms with Gasteiger partial charge < -0.3 is 10.4 Å². The third-order valence-electron chi connectivity index (χ3n) is 5.09. The van der Waals surface area contributed by atoms with Crippen molar-refractivity contribution in [2.45, 2.75) is 17.9 Å². The molecule has 0 radical (unpaired) electrons. The van der Waals surface area contributed by atoms with Gasteiger partial charge in [-0.3, -0.25) is 19.3 Å². The maximum atomic E-state index is 12.5. The summed E-state index contributed by atoms with van der Waals surface area (Å²) in [4.78, 5) is 49.8. The number of nitrogens with zero attached hydrogens (tertiary/aromatic N) is 1. The molecule has 1 fully saturated rings. The number of hydrogen-bond donors (Lipinski definition) is 2. The minimum atomic E-state index is -1.41. The van der Waals surface area contributed by atoms with Crippen molar-refractivity contribution >= 4 is 23.7 Å². The molecule has 0 saturated heterocycles. The Bertz CT molecular complexity index is 936. The van der Waals surface area contributed by atoms with Gasteiger partial charge in [-0.15, -0.1) is 0 Å². The fraction of sp³-hybridized carbons (Fsp3) is 0.200. The minimum absolute atomic E-state index is 0.247. The summed E-state index contributed by atoms with van der Waals surface area (Å²) in [6.07, 6.45) is 0.264. The van der Waals surface area contributed by atoms with Crippen LogP contribution in [0.1, 0.15) is 38.6 Å². The molecule has 7 heteroatoms. The number of nitrogens with one attached hydrogen (secondary N) is 1. The Morgan fingerprint density at radius 2 is 1.56 bits per heavy atom. The van der Waals surface area contributed by atoms with Crippen LogP contribution in [0.5, 0.6) is 0 Å². The van der Waals surface area contributed by atoms with Crippen LogP contribution < -0.4 is 5.32 Å². The van der Waals surface area contributed by atoms with Gasteiger partial charge in [0.2, 0.25) is 5.91 Å². The van der Waals surface area contributed by atoms with Crippen LogP contribution in [0.15, 0.2) is 54.6 Å². The van der Waals surface area contributed by atoms with Gasteiger partial charge in [-0.25, -0.2) is 4.79 Å². The van der Waals surface area contributed by atoms with Crippen molar-refractivity contribution < 1.29 is 24.3 Å². The van der Waals surface area contributed by atoms with Crippen LogP contribution in [0, 0.1) is 0 Å². The quantitative estimate of drug-likeness (QED) is 0.781. The van der Waals surface area contributed by atoms with Gasteiger partial charge in [0, 0.05) is 5.92 Å². The van der Waals surface area contributed by atoms with Crippen molar-refractivity contribution in [2.24, 2.45) is 0 Å². The first-order chi connectivity index (χ1) is 12.9. The molecule has 2 N–H and O–H groups in total. The lowest BCUT2D eigenvalue weighted by atomic mass is 10.1. The van der Waals surface area contributed by atoms with Crippen LogP contribution in [-0.2, 0) is 9.59 Å². The Morgan fingerprint density at radius 1 is 1.00 bits per heavy atom. The first-order valence-electron chi connectivity index (χ1n) is 8.48. The zero-order valence-electron chi connectivity index (χ0n) is 14.2. The molecule has 0 bridgehead atoms. The maximum absolute atomic E-state index is 12.5. The molecule has 136 valence electrons. The average Bonchev–Trinajstić information content (AvgIpc) is 3.36. The normalized spacial score (nSPS) is 23.1. The average molecular weight is 364 g/mol. The molecule has 0 aromatic heterocycles. The SMILES string of the molecule is O=C(CN1C(=O)c2ccccc2C1=O)NC1(C(=O)O)CC1c1ccccc1. The highest BCUT2D eigenvalue weighted by Crippen LogP contribution is 2.51. The molecule has 2 atom stereocenters. The molecule has 2 aromatic rings. The molecule has 2 aromatic carbocycles. The number of carbonyl (C=O) groups excluding carboxylic acids is 3. The number of carbonyl (C=O) groups is 4. The van der Waals surface area contributed by atoms with Crippen LogP contribution in [0.25, 0.3) is 0 Å². The van der Waals surface area contributed by atoms with Gasteiger partial charge >= 0.3 is 5.97 Å². The third-order valence-corrected chi connectivity index (χ3v) is 5.09. The smallest absolute Gasteiger partial charge is 0.330 e.